The number of anilines is 1. The third kappa shape index (κ3) is 2.20. The first-order valence-electron chi connectivity index (χ1n) is 5.64. The van der Waals surface area contributed by atoms with Crippen LogP contribution in [0, 0.1) is 0 Å². The van der Waals surface area contributed by atoms with E-state index in [-0.39, 0.29) is 11.7 Å². The first-order valence-corrected chi connectivity index (χ1v) is 6.08. The van der Waals surface area contributed by atoms with Crippen LogP contribution >= 0.6 is 11.6 Å². The third-order valence-electron chi connectivity index (χ3n) is 2.79. The summed E-state index contributed by atoms with van der Waals surface area (Å²) in [5.41, 5.74) is 0.0560. The minimum atomic E-state index is -0.904. The maximum atomic E-state index is 11.8. The highest BCUT2D eigenvalue weighted by molar-refractivity contribution is 6.33. The topological polar surface area (TPSA) is 55.4 Å². The van der Waals surface area contributed by atoms with Crippen molar-refractivity contribution in [3.8, 4) is 5.75 Å². The number of ether oxygens (including phenoxy) is 1. The molecule has 0 radical (unpaired) electrons. The minimum Gasteiger partial charge on any atom is -0.476 e. The molecular weight excluding hydrogens is 254 g/mol. The fraction of sp³-hybridized carbons (Fsp3) is 0.385. The Balaban J connectivity index is 2.38. The molecular formula is C13H14ClNO3. The van der Waals surface area contributed by atoms with Crippen LogP contribution in [0.4, 0.5) is 5.69 Å². The molecule has 4 nitrogen and oxygen atoms in total. The summed E-state index contributed by atoms with van der Waals surface area (Å²) in [6, 6.07) is 4.90. The number of carbonyl (C=O) groups excluding carboxylic acids is 2. The molecule has 0 aliphatic carbocycles. The van der Waals surface area contributed by atoms with Gasteiger partial charge in [0.1, 0.15) is 5.75 Å². The molecule has 0 spiro atoms. The zero-order valence-electron chi connectivity index (χ0n) is 10.4. The van der Waals surface area contributed by atoms with Crippen LogP contribution in [0.15, 0.2) is 18.2 Å². The fourth-order valence-electron chi connectivity index (χ4n) is 1.69. The first kappa shape index (κ1) is 12.9. The van der Waals surface area contributed by atoms with Gasteiger partial charge in [0, 0.05) is 5.56 Å². The van der Waals surface area contributed by atoms with Gasteiger partial charge in [0.05, 0.1) is 11.1 Å². The highest BCUT2D eigenvalue weighted by Gasteiger charge is 2.35. The lowest BCUT2D eigenvalue weighted by Crippen LogP contribution is -2.45. The van der Waals surface area contributed by atoms with Gasteiger partial charge in [-0.1, -0.05) is 0 Å². The number of rotatable bonds is 2. The van der Waals surface area contributed by atoms with Gasteiger partial charge in [0.25, 0.3) is 5.91 Å². The van der Waals surface area contributed by atoms with Crippen LogP contribution in [0.5, 0.6) is 5.75 Å². The molecule has 0 fully saturated rings. The van der Waals surface area contributed by atoms with Gasteiger partial charge in [-0.2, -0.15) is 0 Å². The second kappa shape index (κ2) is 4.28. The SMILES string of the molecule is CC(Cl)C(=O)c1ccc2c(c1)NC(=O)C(C)(C)O2. The van der Waals surface area contributed by atoms with Crippen molar-refractivity contribution in [1.29, 1.82) is 0 Å². The number of Topliss-reactive ketones (excluding diaryl/α,β-unsaturated/α-hetero) is 1. The summed E-state index contributed by atoms with van der Waals surface area (Å²) < 4.78 is 5.57. The number of nitrogens with one attached hydrogen (secondary N) is 1. The smallest absolute Gasteiger partial charge is 0.268 e. The number of fused-ring (bicyclic) bond motifs is 1. The second-order valence-corrected chi connectivity index (χ2v) is 5.41. The van der Waals surface area contributed by atoms with Gasteiger partial charge in [0.15, 0.2) is 11.4 Å². The summed E-state index contributed by atoms with van der Waals surface area (Å²) in [7, 11) is 0. The van der Waals surface area contributed by atoms with E-state index in [0.717, 1.165) is 0 Å². The lowest BCUT2D eigenvalue weighted by atomic mass is 10.0. The number of carbonyl (C=O) groups is 2. The summed E-state index contributed by atoms with van der Waals surface area (Å²) in [6.07, 6.45) is 0. The van der Waals surface area contributed by atoms with E-state index in [4.69, 9.17) is 16.3 Å². The van der Waals surface area contributed by atoms with Gasteiger partial charge in [0.2, 0.25) is 0 Å². The first-order chi connectivity index (χ1) is 8.31. The van der Waals surface area contributed by atoms with Crippen LogP contribution in [0.3, 0.4) is 0 Å². The average molecular weight is 268 g/mol. The molecule has 1 amide bonds. The second-order valence-electron chi connectivity index (χ2n) is 4.76. The van der Waals surface area contributed by atoms with Crippen molar-refractivity contribution in [1.82, 2.24) is 0 Å². The molecule has 5 heteroatoms. The van der Waals surface area contributed by atoms with Crippen LogP contribution < -0.4 is 10.1 Å². The summed E-state index contributed by atoms with van der Waals surface area (Å²) in [5.74, 6) is 0.135. The van der Waals surface area contributed by atoms with Gasteiger partial charge in [-0.3, -0.25) is 9.59 Å². The maximum absolute atomic E-state index is 11.8. The van der Waals surface area contributed by atoms with E-state index < -0.39 is 11.0 Å². The summed E-state index contributed by atoms with van der Waals surface area (Å²) in [6.45, 7) is 4.98. The quantitative estimate of drug-likeness (QED) is 0.662. The number of ketones is 1. The highest BCUT2D eigenvalue weighted by atomic mass is 35.5. The Morgan fingerprint density at radius 1 is 1.44 bits per heavy atom. The molecule has 0 aromatic heterocycles. The van der Waals surface area contributed by atoms with E-state index in [9.17, 15) is 9.59 Å². The van der Waals surface area contributed by atoms with Crippen LogP contribution in [0.1, 0.15) is 31.1 Å². The Kier molecular flexibility index (Phi) is 3.07. The molecule has 1 N–H and O–H groups in total. The highest BCUT2D eigenvalue weighted by Crippen LogP contribution is 2.34. The normalized spacial score (nSPS) is 18.3. The molecule has 1 aliphatic heterocycles. The molecule has 1 atom stereocenters. The van der Waals surface area contributed by atoms with Crippen molar-refractivity contribution in [3.63, 3.8) is 0 Å². The molecule has 0 saturated carbocycles. The molecule has 1 aromatic carbocycles. The number of hydrogen-bond acceptors (Lipinski definition) is 3. The number of alkyl halides is 1. The number of benzene rings is 1. The maximum Gasteiger partial charge on any atom is 0.268 e. The largest absolute Gasteiger partial charge is 0.476 e. The molecule has 1 aliphatic rings. The third-order valence-corrected chi connectivity index (χ3v) is 2.98. The summed E-state index contributed by atoms with van der Waals surface area (Å²) in [4.78, 5) is 23.5. The number of hydrogen-bond donors (Lipinski definition) is 1. The fourth-order valence-corrected chi connectivity index (χ4v) is 1.82. The van der Waals surface area contributed by atoms with E-state index in [2.05, 4.69) is 5.32 Å². The summed E-state index contributed by atoms with van der Waals surface area (Å²) in [5, 5.41) is 2.13. The van der Waals surface area contributed by atoms with E-state index in [0.29, 0.717) is 17.0 Å². The minimum absolute atomic E-state index is 0.182. The monoisotopic (exact) mass is 267 g/mol. The molecule has 0 saturated heterocycles. The Morgan fingerprint density at radius 2 is 2.11 bits per heavy atom. The zero-order valence-corrected chi connectivity index (χ0v) is 11.2. The van der Waals surface area contributed by atoms with Gasteiger partial charge in [-0.15, -0.1) is 11.6 Å². The summed E-state index contributed by atoms with van der Waals surface area (Å²) >= 11 is 5.75. The van der Waals surface area contributed by atoms with Gasteiger partial charge >= 0.3 is 0 Å². The van der Waals surface area contributed by atoms with Crippen molar-refractivity contribution < 1.29 is 14.3 Å². The van der Waals surface area contributed by atoms with Gasteiger partial charge in [-0.05, 0) is 39.0 Å². The Labute approximate surface area is 110 Å². The number of amides is 1. The Morgan fingerprint density at radius 3 is 2.72 bits per heavy atom. The van der Waals surface area contributed by atoms with Crippen molar-refractivity contribution in [2.75, 3.05) is 5.32 Å². The standard InChI is InChI=1S/C13H14ClNO3/c1-7(14)11(16)8-4-5-10-9(6-8)15-12(17)13(2,3)18-10/h4-7H,1-3H3,(H,15,17). The number of halogens is 1. The zero-order chi connectivity index (χ0) is 13.5. The Hall–Kier alpha value is -1.55. The van der Waals surface area contributed by atoms with Crippen LogP contribution in [-0.2, 0) is 4.79 Å². The van der Waals surface area contributed by atoms with Crippen molar-refractivity contribution >= 4 is 29.0 Å². The lowest BCUT2D eigenvalue weighted by molar-refractivity contribution is -0.129. The van der Waals surface area contributed by atoms with E-state index in [1.54, 1.807) is 39.0 Å². The Bertz CT molecular complexity index is 523. The molecule has 0 bridgehead atoms. The van der Waals surface area contributed by atoms with Crippen molar-refractivity contribution in [2.24, 2.45) is 0 Å². The van der Waals surface area contributed by atoms with E-state index in [1.807, 2.05) is 0 Å². The molecule has 1 aromatic rings. The van der Waals surface area contributed by atoms with E-state index in [1.165, 1.54) is 0 Å². The molecule has 18 heavy (non-hydrogen) atoms. The molecule has 96 valence electrons. The van der Waals surface area contributed by atoms with Crippen molar-refractivity contribution in [3.05, 3.63) is 23.8 Å². The predicted molar refractivity (Wildman–Crippen MR) is 69.4 cm³/mol. The lowest BCUT2D eigenvalue weighted by Gasteiger charge is -2.31. The van der Waals surface area contributed by atoms with E-state index >= 15 is 0 Å². The molecule has 1 heterocycles. The molecule has 1 unspecified atom stereocenters. The van der Waals surface area contributed by atoms with Gasteiger partial charge in [-0.25, -0.2) is 0 Å². The average Bonchev–Trinajstić information content (AvgIpc) is 2.28. The van der Waals surface area contributed by atoms with Gasteiger partial charge < -0.3 is 10.1 Å². The van der Waals surface area contributed by atoms with Crippen LogP contribution in [-0.4, -0.2) is 22.7 Å². The predicted octanol–water partition coefficient (Wildman–Crippen LogP) is 2.61. The molecule has 2 rings (SSSR count). The van der Waals surface area contributed by atoms with Crippen LogP contribution in [0.25, 0.3) is 0 Å². The van der Waals surface area contributed by atoms with Crippen molar-refractivity contribution in [2.45, 2.75) is 31.7 Å². The van der Waals surface area contributed by atoms with Crippen LogP contribution in [0.2, 0.25) is 0 Å².